The first kappa shape index (κ1) is 8.56. The van der Waals surface area contributed by atoms with E-state index in [0.29, 0.717) is 0 Å². The first-order valence-corrected chi connectivity index (χ1v) is 4.91. The van der Waals surface area contributed by atoms with E-state index in [2.05, 4.69) is 11.4 Å². The fraction of sp³-hybridized carbons (Fsp3) is 0.167. The summed E-state index contributed by atoms with van der Waals surface area (Å²) in [6, 6.07) is 6.06. The van der Waals surface area contributed by atoms with Gasteiger partial charge < -0.3 is 14.2 Å². The average Bonchev–Trinajstić information content (AvgIpc) is 2.84. The van der Waals surface area contributed by atoms with Gasteiger partial charge in [-0.25, -0.2) is 0 Å². The highest BCUT2D eigenvalue weighted by Gasteiger charge is 2.10. The summed E-state index contributed by atoms with van der Waals surface area (Å²) in [5, 5.41) is 5.35. The zero-order chi connectivity index (χ0) is 10.3. The molecule has 76 valence electrons. The lowest BCUT2D eigenvalue weighted by molar-refractivity contribution is 0.582. The van der Waals surface area contributed by atoms with Gasteiger partial charge in [-0.1, -0.05) is 0 Å². The van der Waals surface area contributed by atoms with Crippen molar-refractivity contribution >= 4 is 21.9 Å². The van der Waals surface area contributed by atoms with E-state index < -0.39 is 0 Å². The molecule has 0 saturated carbocycles. The van der Waals surface area contributed by atoms with Gasteiger partial charge in [-0.15, -0.1) is 0 Å². The van der Waals surface area contributed by atoms with Crippen LogP contribution in [0.1, 0.15) is 5.56 Å². The summed E-state index contributed by atoms with van der Waals surface area (Å²) < 4.78 is 10.9. The second-order valence-electron chi connectivity index (χ2n) is 3.57. The minimum absolute atomic E-state index is 0.829. The summed E-state index contributed by atoms with van der Waals surface area (Å²) in [7, 11) is 1.94. The first-order chi connectivity index (χ1) is 7.40. The number of furan rings is 2. The Balaban J connectivity index is 2.43. The van der Waals surface area contributed by atoms with Crippen LogP contribution in [0.2, 0.25) is 0 Å². The number of benzene rings is 1. The predicted octanol–water partition coefficient (Wildman–Crippen LogP) is 2.90. The molecule has 1 aromatic carbocycles. The Morgan fingerprint density at radius 2 is 1.93 bits per heavy atom. The van der Waals surface area contributed by atoms with Crippen LogP contribution < -0.4 is 5.32 Å². The Labute approximate surface area is 86.7 Å². The number of hydrogen-bond donors (Lipinski definition) is 1. The second kappa shape index (κ2) is 3.14. The molecular weight excluding hydrogens is 190 g/mol. The smallest absolute Gasteiger partial charge is 0.177 e. The van der Waals surface area contributed by atoms with Crippen molar-refractivity contribution in [1.29, 1.82) is 0 Å². The quantitative estimate of drug-likeness (QED) is 0.692. The van der Waals surface area contributed by atoms with Gasteiger partial charge in [0.2, 0.25) is 0 Å². The third-order valence-corrected chi connectivity index (χ3v) is 2.61. The molecule has 0 fully saturated rings. The predicted molar refractivity (Wildman–Crippen MR) is 58.7 cm³/mol. The SMILES string of the molecule is CNCc1cc2ccoc2c2occc12. The van der Waals surface area contributed by atoms with Crippen molar-refractivity contribution in [2.75, 3.05) is 7.05 Å². The highest BCUT2D eigenvalue weighted by atomic mass is 16.4. The van der Waals surface area contributed by atoms with Gasteiger partial charge >= 0.3 is 0 Å². The number of rotatable bonds is 2. The Hall–Kier alpha value is -1.74. The lowest BCUT2D eigenvalue weighted by atomic mass is 10.1. The minimum atomic E-state index is 0.829. The second-order valence-corrected chi connectivity index (χ2v) is 3.57. The van der Waals surface area contributed by atoms with Crippen molar-refractivity contribution in [3.8, 4) is 0 Å². The Bertz CT molecular complexity index is 606. The van der Waals surface area contributed by atoms with Crippen molar-refractivity contribution in [1.82, 2.24) is 5.32 Å². The largest absolute Gasteiger partial charge is 0.460 e. The molecule has 0 bridgehead atoms. The highest BCUT2D eigenvalue weighted by Crippen LogP contribution is 2.30. The van der Waals surface area contributed by atoms with Gasteiger partial charge in [0, 0.05) is 17.3 Å². The summed E-state index contributed by atoms with van der Waals surface area (Å²) in [5.74, 6) is 0. The van der Waals surface area contributed by atoms with Crippen LogP contribution in [0, 0.1) is 0 Å². The molecule has 0 saturated heterocycles. The molecule has 0 amide bonds. The van der Waals surface area contributed by atoms with E-state index in [-0.39, 0.29) is 0 Å². The summed E-state index contributed by atoms with van der Waals surface area (Å²) >= 11 is 0. The molecule has 0 atom stereocenters. The van der Waals surface area contributed by atoms with E-state index >= 15 is 0 Å². The van der Waals surface area contributed by atoms with Crippen LogP contribution in [0.15, 0.2) is 39.6 Å². The number of hydrogen-bond acceptors (Lipinski definition) is 3. The van der Waals surface area contributed by atoms with E-state index in [4.69, 9.17) is 8.83 Å². The fourth-order valence-electron chi connectivity index (χ4n) is 1.96. The normalized spacial score (nSPS) is 11.5. The van der Waals surface area contributed by atoms with Gasteiger partial charge in [-0.3, -0.25) is 0 Å². The van der Waals surface area contributed by atoms with Crippen molar-refractivity contribution in [3.63, 3.8) is 0 Å². The molecule has 3 nitrogen and oxygen atoms in total. The maximum absolute atomic E-state index is 5.45. The monoisotopic (exact) mass is 201 g/mol. The van der Waals surface area contributed by atoms with Crippen LogP contribution in [0.3, 0.4) is 0 Å². The van der Waals surface area contributed by atoms with Crippen LogP contribution in [0.25, 0.3) is 21.9 Å². The molecule has 0 spiro atoms. The minimum Gasteiger partial charge on any atom is -0.460 e. The van der Waals surface area contributed by atoms with E-state index in [0.717, 1.165) is 28.5 Å². The molecule has 2 aromatic heterocycles. The fourth-order valence-corrected chi connectivity index (χ4v) is 1.96. The summed E-state index contributed by atoms with van der Waals surface area (Å²) in [6.45, 7) is 0.831. The van der Waals surface area contributed by atoms with Gasteiger partial charge in [-0.2, -0.15) is 0 Å². The van der Waals surface area contributed by atoms with E-state index in [1.165, 1.54) is 5.56 Å². The standard InChI is InChI=1S/C12H11NO2/c1-13-7-9-6-8-2-4-14-11(8)12-10(9)3-5-15-12/h2-6,13H,7H2,1H3. The molecule has 1 N–H and O–H groups in total. The van der Waals surface area contributed by atoms with E-state index in [1.54, 1.807) is 12.5 Å². The van der Waals surface area contributed by atoms with Crippen molar-refractivity contribution in [3.05, 3.63) is 36.3 Å². The molecule has 3 heteroatoms. The Morgan fingerprint density at radius 3 is 2.80 bits per heavy atom. The number of nitrogens with one attached hydrogen (secondary N) is 1. The molecular formula is C12H11NO2. The van der Waals surface area contributed by atoms with Gasteiger partial charge in [0.15, 0.2) is 11.2 Å². The molecule has 0 unspecified atom stereocenters. The molecule has 15 heavy (non-hydrogen) atoms. The maximum Gasteiger partial charge on any atom is 0.177 e. The first-order valence-electron chi connectivity index (χ1n) is 4.91. The Morgan fingerprint density at radius 1 is 1.13 bits per heavy atom. The zero-order valence-electron chi connectivity index (χ0n) is 8.41. The van der Waals surface area contributed by atoms with Crippen LogP contribution in [0.5, 0.6) is 0 Å². The molecule has 3 aromatic rings. The van der Waals surface area contributed by atoms with E-state index in [9.17, 15) is 0 Å². The summed E-state index contributed by atoms with van der Waals surface area (Å²) in [4.78, 5) is 0. The maximum atomic E-state index is 5.45. The van der Waals surface area contributed by atoms with Crippen molar-refractivity contribution in [2.45, 2.75) is 6.54 Å². The molecule has 0 aliphatic carbocycles. The summed E-state index contributed by atoms with van der Waals surface area (Å²) in [5.41, 5.74) is 2.90. The van der Waals surface area contributed by atoms with Gasteiger partial charge in [0.25, 0.3) is 0 Å². The molecule has 0 aliphatic heterocycles. The molecule has 3 rings (SSSR count). The van der Waals surface area contributed by atoms with Gasteiger partial charge in [0.05, 0.1) is 12.5 Å². The van der Waals surface area contributed by atoms with Crippen LogP contribution >= 0.6 is 0 Å². The van der Waals surface area contributed by atoms with Gasteiger partial charge in [0.1, 0.15) is 0 Å². The summed E-state index contributed by atoms with van der Waals surface area (Å²) in [6.07, 6.45) is 3.39. The topological polar surface area (TPSA) is 38.3 Å². The zero-order valence-corrected chi connectivity index (χ0v) is 8.41. The lowest BCUT2D eigenvalue weighted by Gasteiger charge is -2.01. The van der Waals surface area contributed by atoms with Crippen molar-refractivity contribution in [2.24, 2.45) is 0 Å². The molecule has 0 aliphatic rings. The third-order valence-electron chi connectivity index (χ3n) is 2.61. The van der Waals surface area contributed by atoms with Crippen LogP contribution in [-0.4, -0.2) is 7.05 Å². The van der Waals surface area contributed by atoms with Crippen LogP contribution in [0.4, 0.5) is 0 Å². The Kier molecular flexibility index (Phi) is 1.79. The average molecular weight is 201 g/mol. The van der Waals surface area contributed by atoms with Crippen molar-refractivity contribution < 1.29 is 8.83 Å². The van der Waals surface area contributed by atoms with Crippen LogP contribution in [-0.2, 0) is 6.54 Å². The lowest BCUT2D eigenvalue weighted by Crippen LogP contribution is -2.04. The highest BCUT2D eigenvalue weighted by molar-refractivity contribution is 6.02. The van der Waals surface area contributed by atoms with Gasteiger partial charge in [-0.05, 0) is 30.8 Å². The molecule has 2 heterocycles. The van der Waals surface area contributed by atoms with E-state index in [1.807, 2.05) is 19.2 Å². The number of fused-ring (bicyclic) bond motifs is 3. The third kappa shape index (κ3) is 1.17. The molecule has 0 radical (unpaired) electrons.